The summed E-state index contributed by atoms with van der Waals surface area (Å²) >= 11 is 3.60. The lowest BCUT2D eigenvalue weighted by atomic mass is 9.92. The molecule has 1 heterocycles. The number of nitrogens with one attached hydrogen (secondary N) is 1. The van der Waals surface area contributed by atoms with E-state index in [0.29, 0.717) is 22.8 Å². The summed E-state index contributed by atoms with van der Waals surface area (Å²) in [5, 5.41) is 21.6. The van der Waals surface area contributed by atoms with Crippen LogP contribution >= 0.6 is 15.9 Å². The van der Waals surface area contributed by atoms with Crippen molar-refractivity contribution in [1.29, 1.82) is 0 Å². The van der Waals surface area contributed by atoms with E-state index in [1.165, 1.54) is 46.2 Å². The van der Waals surface area contributed by atoms with Gasteiger partial charge < -0.3 is 25.0 Å². The standard InChI is InChI=1S/C29H31BrN2O5/c1-36-28-18(15-31-16-19(33)14-27(34)35)13-25(30)29(32-28)37-26-12-11-23-22(9-4-10-24(23)26)21-8-3-6-17-5-2-7-20(17)21/h3-4,6,8-10,13,19,26,31,33H,2,5,7,11-12,14-16H2,1H3,(H,34,35)/t19-,26+/m1/s1. The number of benzene rings is 2. The van der Waals surface area contributed by atoms with Gasteiger partial charge in [-0.15, -0.1) is 0 Å². The van der Waals surface area contributed by atoms with Crippen molar-refractivity contribution in [3.8, 4) is 22.9 Å². The number of aliphatic carboxylic acids is 1. The molecule has 0 saturated carbocycles. The van der Waals surface area contributed by atoms with Crippen molar-refractivity contribution in [3.05, 3.63) is 74.8 Å². The van der Waals surface area contributed by atoms with Crippen LogP contribution in [0.5, 0.6) is 11.8 Å². The number of aryl methyl sites for hydroxylation is 1. The minimum atomic E-state index is -1.04. The van der Waals surface area contributed by atoms with Gasteiger partial charge in [0.05, 0.1) is 24.1 Å². The first-order chi connectivity index (χ1) is 17.9. The summed E-state index contributed by atoms with van der Waals surface area (Å²) in [6.07, 6.45) is 3.99. The molecular formula is C29H31BrN2O5. The van der Waals surface area contributed by atoms with Gasteiger partial charge in [-0.3, -0.25) is 4.79 Å². The molecule has 0 aliphatic heterocycles. The van der Waals surface area contributed by atoms with Gasteiger partial charge in [-0.25, -0.2) is 0 Å². The highest BCUT2D eigenvalue weighted by molar-refractivity contribution is 9.10. The molecule has 2 aliphatic carbocycles. The Balaban J connectivity index is 1.33. The van der Waals surface area contributed by atoms with E-state index in [-0.39, 0.29) is 19.1 Å². The molecule has 194 valence electrons. The van der Waals surface area contributed by atoms with Gasteiger partial charge in [-0.1, -0.05) is 36.4 Å². The van der Waals surface area contributed by atoms with Crippen LogP contribution in [-0.4, -0.2) is 40.9 Å². The first-order valence-electron chi connectivity index (χ1n) is 12.7. The molecule has 0 saturated heterocycles. The van der Waals surface area contributed by atoms with Crippen molar-refractivity contribution in [2.45, 2.75) is 57.3 Å². The van der Waals surface area contributed by atoms with Crippen LogP contribution in [-0.2, 0) is 30.6 Å². The molecule has 3 N–H and O–H groups in total. The Hall–Kier alpha value is -2.94. The van der Waals surface area contributed by atoms with Gasteiger partial charge in [0, 0.05) is 18.7 Å². The van der Waals surface area contributed by atoms with E-state index in [0.717, 1.165) is 24.8 Å². The van der Waals surface area contributed by atoms with Crippen molar-refractivity contribution in [2.24, 2.45) is 0 Å². The zero-order valence-corrected chi connectivity index (χ0v) is 22.4. The molecule has 0 unspecified atom stereocenters. The zero-order valence-electron chi connectivity index (χ0n) is 20.8. The smallest absolute Gasteiger partial charge is 0.306 e. The highest BCUT2D eigenvalue weighted by atomic mass is 79.9. The van der Waals surface area contributed by atoms with Gasteiger partial charge >= 0.3 is 5.97 Å². The van der Waals surface area contributed by atoms with Crippen LogP contribution in [0.15, 0.2) is 46.9 Å². The maximum atomic E-state index is 10.7. The third-order valence-electron chi connectivity index (χ3n) is 7.19. The van der Waals surface area contributed by atoms with Gasteiger partial charge in [-0.05, 0) is 87.5 Å². The molecule has 0 bridgehead atoms. The minimum Gasteiger partial charge on any atom is -0.481 e. The molecule has 0 spiro atoms. The predicted molar refractivity (Wildman–Crippen MR) is 144 cm³/mol. The molecule has 2 atom stereocenters. The third-order valence-corrected chi connectivity index (χ3v) is 7.76. The summed E-state index contributed by atoms with van der Waals surface area (Å²) in [4.78, 5) is 15.4. The largest absolute Gasteiger partial charge is 0.481 e. The van der Waals surface area contributed by atoms with Crippen molar-refractivity contribution < 1.29 is 24.5 Å². The molecule has 5 rings (SSSR count). The van der Waals surface area contributed by atoms with Crippen LogP contribution in [0.4, 0.5) is 0 Å². The molecule has 7 nitrogen and oxygen atoms in total. The minimum absolute atomic E-state index is 0.102. The number of methoxy groups -OCH3 is 1. The van der Waals surface area contributed by atoms with Gasteiger partial charge in [0.25, 0.3) is 0 Å². The first kappa shape index (κ1) is 25.7. The van der Waals surface area contributed by atoms with E-state index in [4.69, 9.17) is 14.6 Å². The van der Waals surface area contributed by atoms with E-state index < -0.39 is 12.1 Å². The fourth-order valence-corrected chi connectivity index (χ4v) is 5.98. The van der Waals surface area contributed by atoms with Crippen molar-refractivity contribution in [2.75, 3.05) is 13.7 Å². The number of hydrogen-bond donors (Lipinski definition) is 3. The van der Waals surface area contributed by atoms with Crippen molar-refractivity contribution in [1.82, 2.24) is 10.3 Å². The highest BCUT2D eigenvalue weighted by Gasteiger charge is 2.29. The lowest BCUT2D eigenvalue weighted by Crippen LogP contribution is -2.28. The molecular weight excluding hydrogens is 536 g/mol. The Kier molecular flexibility index (Phi) is 7.79. The summed E-state index contributed by atoms with van der Waals surface area (Å²) in [6.45, 7) is 0.514. The van der Waals surface area contributed by atoms with Crippen LogP contribution in [0.3, 0.4) is 0 Å². The number of pyridine rings is 1. The predicted octanol–water partition coefficient (Wildman–Crippen LogP) is 5.00. The van der Waals surface area contributed by atoms with Gasteiger partial charge in [0.2, 0.25) is 11.8 Å². The van der Waals surface area contributed by atoms with E-state index >= 15 is 0 Å². The van der Waals surface area contributed by atoms with Gasteiger partial charge in [-0.2, -0.15) is 4.98 Å². The molecule has 1 aromatic heterocycles. The lowest BCUT2D eigenvalue weighted by molar-refractivity contribution is -0.139. The third kappa shape index (κ3) is 5.51. The van der Waals surface area contributed by atoms with E-state index in [1.54, 1.807) is 7.11 Å². The molecule has 0 fully saturated rings. The Labute approximate surface area is 225 Å². The summed E-state index contributed by atoms with van der Waals surface area (Å²) < 4.78 is 12.7. The highest BCUT2D eigenvalue weighted by Crippen LogP contribution is 2.43. The van der Waals surface area contributed by atoms with Crippen LogP contribution in [0.2, 0.25) is 0 Å². The van der Waals surface area contributed by atoms with Crippen LogP contribution in [0, 0.1) is 0 Å². The second kappa shape index (κ2) is 11.2. The quantitative estimate of drug-likeness (QED) is 0.317. The zero-order chi connectivity index (χ0) is 25.9. The Bertz CT molecular complexity index is 1310. The fourth-order valence-electron chi connectivity index (χ4n) is 5.52. The van der Waals surface area contributed by atoms with Gasteiger partial charge in [0.1, 0.15) is 6.10 Å². The van der Waals surface area contributed by atoms with Gasteiger partial charge in [0.15, 0.2) is 0 Å². The summed E-state index contributed by atoms with van der Waals surface area (Å²) in [7, 11) is 1.55. The average Bonchev–Trinajstić information content (AvgIpc) is 3.52. The topological polar surface area (TPSA) is 101 Å². The first-order valence-corrected chi connectivity index (χ1v) is 13.5. The molecule has 2 aliphatic rings. The number of ether oxygens (including phenoxy) is 2. The molecule has 0 amide bonds. The molecule has 2 aromatic carbocycles. The van der Waals surface area contributed by atoms with Crippen LogP contribution in [0.25, 0.3) is 11.1 Å². The second-order valence-corrected chi connectivity index (χ2v) is 10.5. The van der Waals surface area contributed by atoms with Crippen LogP contribution in [0.1, 0.15) is 53.2 Å². The molecule has 3 aromatic rings. The maximum absolute atomic E-state index is 10.7. The second-order valence-electron chi connectivity index (χ2n) is 9.64. The van der Waals surface area contributed by atoms with E-state index in [9.17, 15) is 9.90 Å². The van der Waals surface area contributed by atoms with Crippen molar-refractivity contribution >= 4 is 21.9 Å². The number of nitrogens with zero attached hydrogens (tertiary/aromatic N) is 1. The van der Waals surface area contributed by atoms with Crippen LogP contribution < -0.4 is 14.8 Å². The maximum Gasteiger partial charge on any atom is 0.306 e. The number of halogens is 1. The number of aromatic nitrogens is 1. The number of carboxylic acid groups (broad SMARTS) is 1. The lowest BCUT2D eigenvalue weighted by Gasteiger charge is -2.18. The number of aliphatic hydroxyl groups is 1. The number of aliphatic hydroxyl groups excluding tert-OH is 1. The van der Waals surface area contributed by atoms with Crippen molar-refractivity contribution in [3.63, 3.8) is 0 Å². The number of fused-ring (bicyclic) bond motifs is 2. The SMILES string of the molecule is COc1nc(O[C@H]2CCc3c(-c4cccc5c4CCC5)cccc32)c(Br)cc1CNC[C@H](O)CC(=O)O. The summed E-state index contributed by atoms with van der Waals surface area (Å²) in [5.41, 5.74) is 8.99. The monoisotopic (exact) mass is 566 g/mol. The Morgan fingerprint density at radius 3 is 2.70 bits per heavy atom. The molecule has 0 radical (unpaired) electrons. The normalized spacial score (nSPS) is 16.8. The number of hydrogen-bond acceptors (Lipinski definition) is 6. The van der Waals surface area contributed by atoms with E-state index in [2.05, 4.69) is 62.6 Å². The molecule has 37 heavy (non-hydrogen) atoms. The van der Waals surface area contributed by atoms with E-state index in [1.807, 2.05) is 6.07 Å². The average molecular weight is 567 g/mol. The Morgan fingerprint density at radius 2 is 1.92 bits per heavy atom. The fraction of sp³-hybridized carbons (Fsp3) is 0.379. The summed E-state index contributed by atoms with van der Waals surface area (Å²) in [5.74, 6) is -0.147. The number of carboxylic acids is 1. The number of rotatable bonds is 10. The molecule has 8 heteroatoms. The summed E-state index contributed by atoms with van der Waals surface area (Å²) in [6, 6.07) is 15.1. The number of carbonyl (C=O) groups is 1. The Morgan fingerprint density at radius 1 is 1.14 bits per heavy atom.